The van der Waals surface area contributed by atoms with Crippen LogP contribution in [-0.2, 0) is 10.8 Å². The van der Waals surface area contributed by atoms with Crippen molar-refractivity contribution >= 4 is 11.4 Å². The van der Waals surface area contributed by atoms with Crippen LogP contribution in [0.1, 0.15) is 51.3 Å². The SMILES string of the molecule is CC(C)(C)c1ccc(Nc2cccc(C(C)(C)c3ccccc3)c2)c(-c2ccccc2)c1. The maximum atomic E-state index is 3.71. The van der Waals surface area contributed by atoms with Crippen LogP contribution in [0.15, 0.2) is 103 Å². The number of hydrogen-bond donors (Lipinski definition) is 1. The second-order valence-corrected chi connectivity index (χ2v) is 10.1. The zero-order valence-corrected chi connectivity index (χ0v) is 19.8. The summed E-state index contributed by atoms with van der Waals surface area (Å²) in [4.78, 5) is 0. The summed E-state index contributed by atoms with van der Waals surface area (Å²) in [5.41, 5.74) is 8.65. The Balaban J connectivity index is 1.73. The topological polar surface area (TPSA) is 12.0 Å². The summed E-state index contributed by atoms with van der Waals surface area (Å²) in [6, 6.07) is 36.9. The minimum atomic E-state index is -0.0721. The predicted octanol–water partition coefficient (Wildman–Crippen LogP) is 8.72. The van der Waals surface area contributed by atoms with Gasteiger partial charge in [-0.2, -0.15) is 0 Å². The van der Waals surface area contributed by atoms with Gasteiger partial charge in [-0.25, -0.2) is 0 Å². The van der Waals surface area contributed by atoms with Gasteiger partial charge in [0.05, 0.1) is 0 Å². The van der Waals surface area contributed by atoms with E-state index in [1.165, 1.54) is 27.8 Å². The van der Waals surface area contributed by atoms with Gasteiger partial charge in [-0.15, -0.1) is 0 Å². The summed E-state index contributed by atoms with van der Waals surface area (Å²) in [5.74, 6) is 0. The summed E-state index contributed by atoms with van der Waals surface area (Å²) in [6.07, 6.45) is 0. The van der Waals surface area contributed by atoms with Crippen LogP contribution >= 0.6 is 0 Å². The van der Waals surface area contributed by atoms with Crippen LogP contribution in [0.2, 0.25) is 0 Å². The highest BCUT2D eigenvalue weighted by molar-refractivity contribution is 5.82. The van der Waals surface area contributed by atoms with Crippen LogP contribution in [0.3, 0.4) is 0 Å². The third-order valence-electron chi connectivity index (χ3n) is 6.33. The minimum absolute atomic E-state index is 0.0721. The molecule has 0 aliphatic rings. The lowest BCUT2D eigenvalue weighted by atomic mass is 9.78. The molecule has 1 N–H and O–H groups in total. The fourth-order valence-corrected chi connectivity index (χ4v) is 4.14. The molecule has 0 aliphatic heterocycles. The summed E-state index contributed by atoms with van der Waals surface area (Å²) >= 11 is 0. The van der Waals surface area contributed by atoms with E-state index in [0.29, 0.717) is 0 Å². The lowest BCUT2D eigenvalue weighted by Crippen LogP contribution is -2.18. The Morgan fingerprint density at radius 2 is 1.16 bits per heavy atom. The summed E-state index contributed by atoms with van der Waals surface area (Å²) < 4.78 is 0. The van der Waals surface area contributed by atoms with E-state index in [2.05, 4.69) is 143 Å². The van der Waals surface area contributed by atoms with Gasteiger partial charge in [-0.3, -0.25) is 0 Å². The van der Waals surface area contributed by atoms with Gasteiger partial charge < -0.3 is 5.32 Å². The van der Waals surface area contributed by atoms with Gasteiger partial charge in [0.2, 0.25) is 0 Å². The average molecular weight is 420 g/mol. The lowest BCUT2D eigenvalue weighted by molar-refractivity contribution is 0.590. The van der Waals surface area contributed by atoms with Crippen molar-refractivity contribution in [3.63, 3.8) is 0 Å². The molecule has 0 fully saturated rings. The molecule has 0 atom stereocenters. The Bertz CT molecular complexity index is 1180. The molecule has 4 aromatic carbocycles. The third-order valence-corrected chi connectivity index (χ3v) is 6.33. The molecule has 0 saturated carbocycles. The fourth-order valence-electron chi connectivity index (χ4n) is 4.14. The predicted molar refractivity (Wildman–Crippen MR) is 139 cm³/mol. The Morgan fingerprint density at radius 1 is 0.531 bits per heavy atom. The Hall–Kier alpha value is -3.32. The molecular formula is C31H33N. The maximum Gasteiger partial charge on any atom is 0.0464 e. The molecule has 1 nitrogen and oxygen atoms in total. The van der Waals surface area contributed by atoms with E-state index in [-0.39, 0.29) is 10.8 Å². The van der Waals surface area contributed by atoms with Crippen molar-refractivity contribution in [1.82, 2.24) is 0 Å². The second-order valence-electron chi connectivity index (χ2n) is 10.1. The van der Waals surface area contributed by atoms with E-state index < -0.39 is 0 Å². The standard InChI is InChI=1S/C31H33N/c1-30(2,3)25-19-20-29(28(22-25)23-13-8-6-9-14-23)32-27-18-12-17-26(21-27)31(4,5)24-15-10-7-11-16-24/h6-22,32H,1-5H3. The van der Waals surface area contributed by atoms with Gasteiger partial charge in [0.1, 0.15) is 0 Å². The van der Waals surface area contributed by atoms with E-state index >= 15 is 0 Å². The molecule has 4 rings (SSSR count). The molecule has 0 bridgehead atoms. The van der Waals surface area contributed by atoms with E-state index in [1.807, 2.05) is 0 Å². The largest absolute Gasteiger partial charge is 0.355 e. The molecule has 4 aromatic rings. The van der Waals surface area contributed by atoms with Crippen molar-refractivity contribution in [2.24, 2.45) is 0 Å². The maximum absolute atomic E-state index is 3.71. The van der Waals surface area contributed by atoms with Crippen LogP contribution in [0.5, 0.6) is 0 Å². The number of anilines is 2. The highest BCUT2D eigenvalue weighted by atomic mass is 14.9. The Labute approximate surface area is 193 Å². The van der Waals surface area contributed by atoms with E-state index in [4.69, 9.17) is 0 Å². The minimum Gasteiger partial charge on any atom is -0.355 e. The first kappa shape index (κ1) is 21.9. The summed E-state index contributed by atoms with van der Waals surface area (Å²) in [7, 11) is 0. The van der Waals surface area contributed by atoms with Crippen LogP contribution in [-0.4, -0.2) is 0 Å². The van der Waals surface area contributed by atoms with E-state index in [0.717, 1.165) is 11.4 Å². The highest BCUT2D eigenvalue weighted by Crippen LogP contribution is 2.37. The van der Waals surface area contributed by atoms with Gasteiger partial charge in [-0.05, 0) is 51.9 Å². The smallest absolute Gasteiger partial charge is 0.0464 e. The van der Waals surface area contributed by atoms with Crippen molar-refractivity contribution in [2.45, 2.75) is 45.4 Å². The normalized spacial score (nSPS) is 11.9. The molecule has 0 amide bonds. The van der Waals surface area contributed by atoms with Crippen molar-refractivity contribution in [3.8, 4) is 11.1 Å². The van der Waals surface area contributed by atoms with Gasteiger partial charge in [0.25, 0.3) is 0 Å². The van der Waals surface area contributed by atoms with Crippen molar-refractivity contribution in [1.29, 1.82) is 0 Å². The molecule has 0 saturated heterocycles. The zero-order valence-electron chi connectivity index (χ0n) is 19.8. The first-order chi connectivity index (χ1) is 15.2. The zero-order chi connectivity index (χ0) is 22.8. The van der Waals surface area contributed by atoms with Crippen LogP contribution < -0.4 is 5.32 Å². The van der Waals surface area contributed by atoms with E-state index in [9.17, 15) is 0 Å². The molecule has 1 heteroatoms. The first-order valence-electron chi connectivity index (χ1n) is 11.4. The third kappa shape index (κ3) is 4.62. The molecule has 0 radical (unpaired) electrons. The fraction of sp³-hybridized carbons (Fsp3) is 0.226. The van der Waals surface area contributed by atoms with Crippen LogP contribution in [0.4, 0.5) is 11.4 Å². The van der Waals surface area contributed by atoms with Crippen molar-refractivity contribution in [3.05, 3.63) is 120 Å². The number of nitrogens with one attached hydrogen (secondary N) is 1. The Kier molecular flexibility index (Phi) is 5.93. The second kappa shape index (κ2) is 8.67. The van der Waals surface area contributed by atoms with Gasteiger partial charge in [0.15, 0.2) is 0 Å². The molecule has 0 spiro atoms. The lowest BCUT2D eigenvalue weighted by Gasteiger charge is -2.27. The van der Waals surface area contributed by atoms with Crippen LogP contribution in [0.25, 0.3) is 11.1 Å². The summed E-state index contributed by atoms with van der Waals surface area (Å²) in [5, 5.41) is 3.71. The molecule has 0 heterocycles. The van der Waals surface area contributed by atoms with Crippen molar-refractivity contribution in [2.75, 3.05) is 5.32 Å². The number of hydrogen-bond acceptors (Lipinski definition) is 1. The quantitative estimate of drug-likeness (QED) is 0.341. The highest BCUT2D eigenvalue weighted by Gasteiger charge is 2.23. The molecular weight excluding hydrogens is 386 g/mol. The van der Waals surface area contributed by atoms with Gasteiger partial charge in [0, 0.05) is 22.4 Å². The van der Waals surface area contributed by atoms with Gasteiger partial charge >= 0.3 is 0 Å². The molecule has 162 valence electrons. The van der Waals surface area contributed by atoms with Crippen molar-refractivity contribution < 1.29 is 0 Å². The molecule has 0 unspecified atom stereocenters. The van der Waals surface area contributed by atoms with Crippen LogP contribution in [0, 0.1) is 0 Å². The number of rotatable bonds is 5. The molecule has 32 heavy (non-hydrogen) atoms. The van der Waals surface area contributed by atoms with Gasteiger partial charge in [-0.1, -0.05) is 113 Å². The average Bonchev–Trinajstić information content (AvgIpc) is 2.80. The first-order valence-corrected chi connectivity index (χ1v) is 11.4. The monoisotopic (exact) mass is 419 g/mol. The number of benzene rings is 4. The molecule has 0 aromatic heterocycles. The Morgan fingerprint density at radius 3 is 1.81 bits per heavy atom. The molecule has 0 aliphatic carbocycles. The van der Waals surface area contributed by atoms with E-state index in [1.54, 1.807) is 0 Å². The summed E-state index contributed by atoms with van der Waals surface area (Å²) in [6.45, 7) is 11.4.